The van der Waals surface area contributed by atoms with E-state index in [2.05, 4.69) is 10.3 Å². The van der Waals surface area contributed by atoms with E-state index >= 15 is 0 Å². The topological polar surface area (TPSA) is 90.5 Å². The maximum absolute atomic E-state index is 12.9. The fraction of sp³-hybridized carbons (Fsp3) is 0.412. The van der Waals surface area contributed by atoms with E-state index in [-0.39, 0.29) is 18.4 Å². The molecule has 1 aliphatic heterocycles. The van der Waals surface area contributed by atoms with Crippen LogP contribution in [0.3, 0.4) is 0 Å². The molecule has 138 valence electrons. The van der Waals surface area contributed by atoms with E-state index in [0.717, 1.165) is 17.5 Å². The highest BCUT2D eigenvalue weighted by atomic mass is 32.2. The van der Waals surface area contributed by atoms with Gasteiger partial charge in [-0.15, -0.1) is 0 Å². The van der Waals surface area contributed by atoms with Gasteiger partial charge < -0.3 is 9.26 Å². The molecule has 0 unspecified atom stereocenters. The molecule has 2 aromatic heterocycles. The Hall–Kier alpha value is -2.23. The molecular weight excluding hydrogens is 356 g/mol. The van der Waals surface area contributed by atoms with Gasteiger partial charge in [-0.05, 0) is 19.1 Å². The highest BCUT2D eigenvalue weighted by Gasteiger charge is 2.32. The number of fused-ring (bicyclic) bond motifs is 1. The predicted octanol–water partition coefficient (Wildman–Crippen LogP) is 1.95. The molecule has 3 aromatic rings. The number of benzene rings is 1. The van der Waals surface area contributed by atoms with Crippen molar-refractivity contribution in [1.82, 2.24) is 19.2 Å². The van der Waals surface area contributed by atoms with E-state index in [0.29, 0.717) is 24.4 Å². The lowest BCUT2D eigenvalue weighted by Crippen LogP contribution is -2.42. The first-order valence-electron chi connectivity index (χ1n) is 8.52. The van der Waals surface area contributed by atoms with E-state index in [4.69, 9.17) is 9.26 Å². The predicted molar refractivity (Wildman–Crippen MR) is 94.8 cm³/mol. The summed E-state index contributed by atoms with van der Waals surface area (Å²) in [5.74, 6) is -0.190. The number of para-hydroxylation sites is 1. The molecule has 0 spiro atoms. The molecule has 0 saturated carbocycles. The SMILES string of the molecule is CCn1cc([C@H]2CN(S(=O)(=O)Cc3noc4ccccc34)CCO2)cn1. The van der Waals surface area contributed by atoms with Gasteiger partial charge in [-0.3, -0.25) is 4.68 Å². The first kappa shape index (κ1) is 17.2. The molecule has 8 nitrogen and oxygen atoms in total. The van der Waals surface area contributed by atoms with E-state index < -0.39 is 10.0 Å². The van der Waals surface area contributed by atoms with Crippen LogP contribution in [0.1, 0.15) is 24.3 Å². The molecular formula is C17H20N4O4S. The Labute approximate surface area is 151 Å². The van der Waals surface area contributed by atoms with Gasteiger partial charge in [0.05, 0.1) is 18.9 Å². The summed E-state index contributed by atoms with van der Waals surface area (Å²) in [6, 6.07) is 7.26. The van der Waals surface area contributed by atoms with Gasteiger partial charge in [-0.1, -0.05) is 17.3 Å². The van der Waals surface area contributed by atoms with E-state index in [1.165, 1.54) is 4.31 Å². The minimum absolute atomic E-state index is 0.190. The molecule has 1 aromatic carbocycles. The fourth-order valence-electron chi connectivity index (χ4n) is 3.11. The molecule has 1 atom stereocenters. The molecule has 1 saturated heterocycles. The van der Waals surface area contributed by atoms with Crippen molar-refractivity contribution in [3.63, 3.8) is 0 Å². The van der Waals surface area contributed by atoms with Crippen LogP contribution in [-0.4, -0.2) is 47.4 Å². The van der Waals surface area contributed by atoms with Crippen LogP contribution in [-0.2, 0) is 27.1 Å². The summed E-state index contributed by atoms with van der Waals surface area (Å²) in [4.78, 5) is 0. The summed E-state index contributed by atoms with van der Waals surface area (Å²) in [6.07, 6.45) is 3.31. The van der Waals surface area contributed by atoms with Crippen LogP contribution in [0.15, 0.2) is 41.2 Å². The summed E-state index contributed by atoms with van der Waals surface area (Å²) in [5.41, 5.74) is 1.91. The summed E-state index contributed by atoms with van der Waals surface area (Å²) >= 11 is 0. The molecule has 3 heterocycles. The number of sulfonamides is 1. The lowest BCUT2D eigenvalue weighted by Gasteiger charge is -2.31. The minimum atomic E-state index is -3.53. The maximum atomic E-state index is 12.9. The van der Waals surface area contributed by atoms with Crippen molar-refractivity contribution in [2.75, 3.05) is 19.7 Å². The number of hydrogen-bond donors (Lipinski definition) is 0. The molecule has 1 aliphatic rings. The number of rotatable bonds is 5. The summed E-state index contributed by atoms with van der Waals surface area (Å²) in [5, 5.41) is 8.91. The molecule has 0 amide bonds. The molecule has 0 bridgehead atoms. The third-order valence-corrected chi connectivity index (χ3v) is 6.30. The van der Waals surface area contributed by atoms with Gasteiger partial charge in [0.25, 0.3) is 0 Å². The Balaban J connectivity index is 1.53. The first-order chi connectivity index (χ1) is 12.6. The maximum Gasteiger partial charge on any atom is 0.220 e. The van der Waals surface area contributed by atoms with Crippen LogP contribution in [0, 0.1) is 0 Å². The van der Waals surface area contributed by atoms with Gasteiger partial charge in [0.2, 0.25) is 10.0 Å². The zero-order chi connectivity index (χ0) is 18.1. The molecule has 26 heavy (non-hydrogen) atoms. The standard InChI is InChI=1S/C17H20N4O4S/c1-2-20-10-13(9-18-20)17-11-21(7-8-24-17)26(22,23)12-15-14-5-3-4-6-16(14)25-19-15/h3-6,9-10,17H,2,7-8,11-12H2,1H3/t17-/m1/s1. The van der Waals surface area contributed by atoms with Crippen LogP contribution in [0.2, 0.25) is 0 Å². The second kappa shape index (κ2) is 6.82. The number of aryl methyl sites for hydroxylation is 1. The van der Waals surface area contributed by atoms with Crippen molar-refractivity contribution in [2.24, 2.45) is 0 Å². The number of hydrogen-bond acceptors (Lipinski definition) is 6. The van der Waals surface area contributed by atoms with E-state index in [1.54, 1.807) is 16.9 Å². The first-order valence-corrected chi connectivity index (χ1v) is 10.1. The number of nitrogens with zero attached hydrogens (tertiary/aromatic N) is 4. The average Bonchev–Trinajstić information content (AvgIpc) is 3.29. The highest BCUT2D eigenvalue weighted by Crippen LogP contribution is 2.26. The molecule has 0 aliphatic carbocycles. The number of morpholine rings is 1. The van der Waals surface area contributed by atoms with Crippen molar-refractivity contribution in [3.8, 4) is 0 Å². The second-order valence-corrected chi connectivity index (χ2v) is 8.20. The molecule has 0 N–H and O–H groups in total. The van der Waals surface area contributed by atoms with Crippen molar-refractivity contribution in [3.05, 3.63) is 47.9 Å². The van der Waals surface area contributed by atoms with Crippen LogP contribution < -0.4 is 0 Å². The third kappa shape index (κ3) is 3.25. The lowest BCUT2D eigenvalue weighted by molar-refractivity contribution is -0.00266. The van der Waals surface area contributed by atoms with Gasteiger partial charge >= 0.3 is 0 Å². The number of ether oxygens (including phenoxy) is 1. The van der Waals surface area contributed by atoms with Crippen LogP contribution in [0.25, 0.3) is 11.0 Å². The van der Waals surface area contributed by atoms with Gasteiger partial charge in [-0.25, -0.2) is 8.42 Å². The van der Waals surface area contributed by atoms with Crippen molar-refractivity contribution in [1.29, 1.82) is 0 Å². The summed E-state index contributed by atoms with van der Waals surface area (Å²) in [7, 11) is -3.53. The van der Waals surface area contributed by atoms with Gasteiger partial charge in [0.15, 0.2) is 5.58 Å². The molecule has 4 rings (SSSR count). The Morgan fingerprint density at radius 2 is 2.15 bits per heavy atom. The lowest BCUT2D eigenvalue weighted by atomic mass is 10.2. The monoisotopic (exact) mass is 376 g/mol. The molecule has 9 heteroatoms. The van der Waals surface area contributed by atoms with Crippen molar-refractivity contribution < 1.29 is 17.7 Å². The van der Waals surface area contributed by atoms with E-state index in [9.17, 15) is 8.42 Å². The quantitative estimate of drug-likeness (QED) is 0.676. The summed E-state index contributed by atoms with van der Waals surface area (Å²) in [6.45, 7) is 3.70. The van der Waals surface area contributed by atoms with Crippen molar-refractivity contribution >= 4 is 21.0 Å². The number of aromatic nitrogens is 3. The third-order valence-electron chi connectivity index (χ3n) is 4.54. The smallest absolute Gasteiger partial charge is 0.220 e. The van der Waals surface area contributed by atoms with Gasteiger partial charge in [0, 0.05) is 36.8 Å². The second-order valence-electron chi connectivity index (χ2n) is 6.23. The van der Waals surface area contributed by atoms with Crippen molar-refractivity contribution in [2.45, 2.75) is 25.3 Å². The van der Waals surface area contributed by atoms with E-state index in [1.807, 2.05) is 31.3 Å². The Morgan fingerprint density at radius 1 is 1.31 bits per heavy atom. The van der Waals surface area contributed by atoms with Gasteiger partial charge in [0.1, 0.15) is 11.4 Å². The largest absolute Gasteiger partial charge is 0.371 e. The zero-order valence-electron chi connectivity index (χ0n) is 14.4. The normalized spacial score (nSPS) is 19.2. The molecule has 0 radical (unpaired) electrons. The Morgan fingerprint density at radius 3 is 2.96 bits per heavy atom. The Kier molecular flexibility index (Phi) is 4.51. The fourth-order valence-corrected chi connectivity index (χ4v) is 4.56. The van der Waals surface area contributed by atoms with Crippen LogP contribution >= 0.6 is 0 Å². The average molecular weight is 376 g/mol. The van der Waals surface area contributed by atoms with Gasteiger partial charge in [-0.2, -0.15) is 9.40 Å². The van der Waals surface area contributed by atoms with Crippen LogP contribution in [0.4, 0.5) is 0 Å². The highest BCUT2D eigenvalue weighted by molar-refractivity contribution is 7.88. The Bertz CT molecular complexity index is 1010. The minimum Gasteiger partial charge on any atom is -0.371 e. The summed E-state index contributed by atoms with van der Waals surface area (Å²) < 4.78 is 40.0. The zero-order valence-corrected chi connectivity index (χ0v) is 15.2. The van der Waals surface area contributed by atoms with Crippen LogP contribution in [0.5, 0.6) is 0 Å². The molecule has 1 fully saturated rings.